The molecule has 1 aromatic rings. The maximum atomic E-state index is 3.62. The topological polar surface area (TPSA) is 15.3 Å². The van der Waals surface area contributed by atoms with Gasteiger partial charge < -0.3 is 10.2 Å². The van der Waals surface area contributed by atoms with Gasteiger partial charge in [-0.05, 0) is 57.4 Å². The summed E-state index contributed by atoms with van der Waals surface area (Å²) in [7, 11) is 4.27. The number of benzene rings is 1. The molecule has 2 nitrogen and oxygen atoms in total. The fourth-order valence-electron chi connectivity index (χ4n) is 2.37. The van der Waals surface area contributed by atoms with E-state index in [0.29, 0.717) is 11.8 Å². The van der Waals surface area contributed by atoms with Crippen molar-refractivity contribution in [1.29, 1.82) is 0 Å². The number of hydrogen-bond donors (Lipinski definition) is 1. The average Bonchev–Trinajstić information content (AvgIpc) is 2.38. The van der Waals surface area contributed by atoms with E-state index in [4.69, 9.17) is 0 Å². The molecule has 0 amide bonds. The van der Waals surface area contributed by atoms with Gasteiger partial charge in [0.25, 0.3) is 0 Å². The fourth-order valence-corrected chi connectivity index (χ4v) is 2.37. The molecule has 0 heterocycles. The van der Waals surface area contributed by atoms with Crippen molar-refractivity contribution in [1.82, 2.24) is 10.2 Å². The molecule has 1 N–H and O–H groups in total. The van der Waals surface area contributed by atoms with Crippen LogP contribution >= 0.6 is 0 Å². The summed E-state index contributed by atoms with van der Waals surface area (Å²) in [6.45, 7) is 8.03. The van der Waals surface area contributed by atoms with Crippen LogP contribution < -0.4 is 5.32 Å². The third-order valence-corrected chi connectivity index (χ3v) is 3.61. The second-order valence-corrected chi connectivity index (χ2v) is 5.98. The van der Waals surface area contributed by atoms with Gasteiger partial charge in [-0.2, -0.15) is 0 Å². The zero-order chi connectivity index (χ0) is 14.1. The van der Waals surface area contributed by atoms with Crippen LogP contribution in [0, 0.1) is 5.92 Å². The lowest BCUT2D eigenvalue weighted by Crippen LogP contribution is -2.26. The molecule has 108 valence electrons. The monoisotopic (exact) mass is 262 g/mol. The number of nitrogens with zero attached hydrogens (tertiary/aromatic N) is 1. The minimum atomic E-state index is 0.620. The van der Waals surface area contributed by atoms with E-state index < -0.39 is 0 Å². The third-order valence-electron chi connectivity index (χ3n) is 3.61. The van der Waals surface area contributed by atoms with Gasteiger partial charge in [-0.1, -0.05) is 44.2 Å². The van der Waals surface area contributed by atoms with Crippen LogP contribution in [-0.2, 0) is 0 Å². The summed E-state index contributed by atoms with van der Waals surface area (Å²) in [6.07, 6.45) is 2.54. The first-order valence-electron chi connectivity index (χ1n) is 7.51. The summed E-state index contributed by atoms with van der Waals surface area (Å²) in [4.78, 5) is 2.25. The highest BCUT2D eigenvalue weighted by molar-refractivity contribution is 5.20. The zero-order valence-corrected chi connectivity index (χ0v) is 13.0. The Bertz CT molecular complexity index is 319. The standard InChI is InChI=1S/C17H30N2/c1-15(2)17(16-10-6-5-7-11-16)14-18-12-8-9-13-19(3)4/h5-7,10-11,15,17-18H,8-9,12-14H2,1-4H3. The van der Waals surface area contributed by atoms with Crippen molar-refractivity contribution in [3.63, 3.8) is 0 Å². The molecule has 19 heavy (non-hydrogen) atoms. The molecule has 1 atom stereocenters. The quantitative estimate of drug-likeness (QED) is 0.687. The van der Waals surface area contributed by atoms with E-state index in [1.807, 2.05) is 0 Å². The first-order chi connectivity index (χ1) is 9.11. The molecule has 0 saturated carbocycles. The van der Waals surface area contributed by atoms with E-state index in [-0.39, 0.29) is 0 Å². The number of unbranched alkanes of at least 4 members (excludes halogenated alkanes) is 1. The first kappa shape index (κ1) is 16.2. The minimum absolute atomic E-state index is 0.620. The number of rotatable bonds is 9. The van der Waals surface area contributed by atoms with E-state index in [1.165, 1.54) is 24.9 Å². The molecular formula is C17H30N2. The van der Waals surface area contributed by atoms with Crippen molar-refractivity contribution in [3.05, 3.63) is 35.9 Å². The molecule has 0 saturated heterocycles. The molecule has 1 rings (SSSR count). The first-order valence-corrected chi connectivity index (χ1v) is 7.51. The maximum Gasteiger partial charge on any atom is 0.00226 e. The highest BCUT2D eigenvalue weighted by Gasteiger charge is 2.14. The molecule has 0 fully saturated rings. The van der Waals surface area contributed by atoms with Crippen molar-refractivity contribution < 1.29 is 0 Å². The summed E-state index contributed by atoms with van der Waals surface area (Å²) in [5.41, 5.74) is 1.46. The third kappa shape index (κ3) is 6.74. The number of hydrogen-bond acceptors (Lipinski definition) is 2. The summed E-state index contributed by atoms with van der Waals surface area (Å²) in [6, 6.07) is 10.9. The summed E-state index contributed by atoms with van der Waals surface area (Å²) < 4.78 is 0. The van der Waals surface area contributed by atoms with Gasteiger partial charge in [0.15, 0.2) is 0 Å². The van der Waals surface area contributed by atoms with Crippen LogP contribution in [-0.4, -0.2) is 38.6 Å². The van der Waals surface area contributed by atoms with Crippen LogP contribution in [0.3, 0.4) is 0 Å². The van der Waals surface area contributed by atoms with Gasteiger partial charge in [0.1, 0.15) is 0 Å². The van der Waals surface area contributed by atoms with Gasteiger partial charge in [0, 0.05) is 6.54 Å². The molecule has 0 aliphatic heterocycles. The van der Waals surface area contributed by atoms with Crippen LogP contribution in [0.5, 0.6) is 0 Å². The molecule has 2 heteroatoms. The van der Waals surface area contributed by atoms with E-state index in [1.54, 1.807) is 0 Å². The molecule has 0 spiro atoms. The van der Waals surface area contributed by atoms with Gasteiger partial charge in [-0.25, -0.2) is 0 Å². The van der Waals surface area contributed by atoms with Crippen LogP contribution in [0.15, 0.2) is 30.3 Å². The van der Waals surface area contributed by atoms with Crippen molar-refractivity contribution in [2.24, 2.45) is 5.92 Å². The molecular weight excluding hydrogens is 232 g/mol. The van der Waals surface area contributed by atoms with Crippen molar-refractivity contribution >= 4 is 0 Å². The fraction of sp³-hybridized carbons (Fsp3) is 0.647. The highest BCUT2D eigenvalue weighted by atomic mass is 15.0. The largest absolute Gasteiger partial charge is 0.316 e. The molecule has 0 radical (unpaired) electrons. The Labute approximate surface area is 119 Å². The van der Waals surface area contributed by atoms with Crippen molar-refractivity contribution in [2.75, 3.05) is 33.7 Å². The molecule has 0 bridgehead atoms. The normalized spacial score (nSPS) is 13.2. The van der Waals surface area contributed by atoms with Crippen LogP contribution in [0.25, 0.3) is 0 Å². The summed E-state index contributed by atoms with van der Waals surface area (Å²) >= 11 is 0. The van der Waals surface area contributed by atoms with Gasteiger partial charge in [0.2, 0.25) is 0 Å². The Morgan fingerprint density at radius 1 is 1.05 bits per heavy atom. The molecule has 0 aliphatic rings. The second-order valence-electron chi connectivity index (χ2n) is 5.98. The predicted molar refractivity (Wildman–Crippen MR) is 84.7 cm³/mol. The smallest absolute Gasteiger partial charge is 0.00226 e. The highest BCUT2D eigenvalue weighted by Crippen LogP contribution is 2.23. The van der Waals surface area contributed by atoms with Gasteiger partial charge in [-0.3, -0.25) is 0 Å². The van der Waals surface area contributed by atoms with Gasteiger partial charge in [-0.15, -0.1) is 0 Å². The molecule has 0 aliphatic carbocycles. The average molecular weight is 262 g/mol. The Balaban J connectivity index is 2.28. The number of nitrogens with one attached hydrogen (secondary N) is 1. The van der Waals surface area contributed by atoms with Crippen LogP contribution in [0.1, 0.15) is 38.2 Å². The van der Waals surface area contributed by atoms with E-state index >= 15 is 0 Å². The lowest BCUT2D eigenvalue weighted by atomic mass is 9.88. The van der Waals surface area contributed by atoms with Crippen LogP contribution in [0.2, 0.25) is 0 Å². The SMILES string of the molecule is CC(C)C(CNCCCCN(C)C)c1ccccc1. The Morgan fingerprint density at radius 3 is 2.32 bits per heavy atom. The Morgan fingerprint density at radius 2 is 1.74 bits per heavy atom. The lowest BCUT2D eigenvalue weighted by molar-refractivity contribution is 0.388. The van der Waals surface area contributed by atoms with Gasteiger partial charge >= 0.3 is 0 Å². The lowest BCUT2D eigenvalue weighted by Gasteiger charge is -2.22. The van der Waals surface area contributed by atoms with E-state index in [2.05, 4.69) is 68.5 Å². The van der Waals surface area contributed by atoms with Crippen LogP contribution in [0.4, 0.5) is 0 Å². The molecule has 0 aromatic heterocycles. The zero-order valence-electron chi connectivity index (χ0n) is 13.0. The molecule has 1 unspecified atom stereocenters. The predicted octanol–water partition coefficient (Wildman–Crippen LogP) is 3.36. The summed E-state index contributed by atoms with van der Waals surface area (Å²) in [5, 5.41) is 3.62. The van der Waals surface area contributed by atoms with Crippen molar-refractivity contribution in [2.45, 2.75) is 32.6 Å². The van der Waals surface area contributed by atoms with E-state index in [9.17, 15) is 0 Å². The maximum absolute atomic E-state index is 3.62. The van der Waals surface area contributed by atoms with E-state index in [0.717, 1.165) is 13.1 Å². The summed E-state index contributed by atoms with van der Waals surface area (Å²) in [5.74, 6) is 1.30. The Hall–Kier alpha value is -0.860. The Kier molecular flexibility index (Phi) is 7.76. The van der Waals surface area contributed by atoms with Crippen molar-refractivity contribution in [3.8, 4) is 0 Å². The van der Waals surface area contributed by atoms with Gasteiger partial charge in [0.05, 0.1) is 0 Å². The minimum Gasteiger partial charge on any atom is -0.316 e. The molecule has 1 aromatic carbocycles. The second kappa shape index (κ2) is 9.11.